The Kier molecular flexibility index (Phi) is 3.87. The number of hydrogen-bond donors (Lipinski definition) is 0. The van der Waals surface area contributed by atoms with Gasteiger partial charge in [-0.05, 0) is 29.3 Å². The number of hydrogen-bond acceptors (Lipinski definition) is 4. The van der Waals surface area contributed by atoms with E-state index in [1.165, 1.54) is 17.4 Å². The molecule has 1 aromatic carbocycles. The molecule has 2 aromatic rings. The number of rotatable bonds is 2. The number of nitrogens with zero attached hydrogens (tertiary/aromatic N) is 1. The van der Waals surface area contributed by atoms with Crippen molar-refractivity contribution in [2.24, 2.45) is 0 Å². The van der Waals surface area contributed by atoms with Crippen LogP contribution in [0.4, 0.5) is 9.39 Å². The van der Waals surface area contributed by atoms with Crippen molar-refractivity contribution < 1.29 is 13.9 Å². The van der Waals surface area contributed by atoms with E-state index in [0.717, 1.165) is 28.5 Å². The summed E-state index contributed by atoms with van der Waals surface area (Å²) in [4.78, 5) is 15.3. The molecule has 1 aliphatic heterocycles. The van der Waals surface area contributed by atoms with Crippen LogP contribution in [0.25, 0.3) is 0 Å². The third-order valence-corrected chi connectivity index (χ3v) is 5.91. The minimum Gasteiger partial charge on any atom is -0.378 e. The molecule has 0 amide bonds. The predicted molar refractivity (Wildman–Crippen MR) is 89.6 cm³/mol. The lowest BCUT2D eigenvalue weighted by Gasteiger charge is -2.27. The quantitative estimate of drug-likeness (QED) is 0.816. The van der Waals surface area contributed by atoms with E-state index in [0.29, 0.717) is 30.2 Å². The van der Waals surface area contributed by atoms with Crippen LogP contribution in [0, 0.1) is 5.82 Å². The Morgan fingerprint density at radius 2 is 2.00 bits per heavy atom. The van der Waals surface area contributed by atoms with Crippen LogP contribution in [0.2, 0.25) is 5.02 Å². The van der Waals surface area contributed by atoms with E-state index in [4.69, 9.17) is 16.3 Å². The maximum atomic E-state index is 14.3. The minimum absolute atomic E-state index is 0.101. The van der Waals surface area contributed by atoms with Gasteiger partial charge in [-0.1, -0.05) is 17.7 Å². The number of Topliss-reactive ketones (excluding diaryl/α,β-unsaturated/α-hetero) is 1. The Balaban J connectivity index is 1.71. The molecule has 0 bridgehead atoms. The van der Waals surface area contributed by atoms with Crippen molar-refractivity contribution in [1.29, 1.82) is 0 Å². The molecule has 0 saturated carbocycles. The molecule has 1 unspecified atom stereocenters. The molecule has 120 valence electrons. The third-order valence-electron chi connectivity index (χ3n) is 4.43. The van der Waals surface area contributed by atoms with Crippen molar-refractivity contribution in [1.82, 2.24) is 0 Å². The Morgan fingerprint density at radius 1 is 1.22 bits per heavy atom. The molecule has 1 aliphatic carbocycles. The van der Waals surface area contributed by atoms with Crippen molar-refractivity contribution in [2.45, 2.75) is 12.3 Å². The van der Waals surface area contributed by atoms with E-state index in [2.05, 4.69) is 11.0 Å². The van der Waals surface area contributed by atoms with Crippen LogP contribution < -0.4 is 4.90 Å². The number of fused-ring (bicyclic) bond motifs is 1. The Morgan fingerprint density at radius 3 is 2.74 bits per heavy atom. The summed E-state index contributed by atoms with van der Waals surface area (Å²) in [6.07, 6.45) is 0.336. The largest absolute Gasteiger partial charge is 0.378 e. The number of carbonyl (C=O) groups excluding carboxylic acids is 1. The summed E-state index contributed by atoms with van der Waals surface area (Å²) in [7, 11) is 0. The number of ketones is 1. The van der Waals surface area contributed by atoms with Crippen molar-refractivity contribution in [3.63, 3.8) is 0 Å². The van der Waals surface area contributed by atoms with Crippen LogP contribution in [0.5, 0.6) is 0 Å². The number of benzene rings is 1. The number of anilines is 1. The molecule has 0 radical (unpaired) electrons. The number of thiophene rings is 1. The van der Waals surface area contributed by atoms with E-state index < -0.39 is 0 Å². The lowest BCUT2D eigenvalue weighted by molar-refractivity contribution is 0.0994. The van der Waals surface area contributed by atoms with Crippen LogP contribution in [0.1, 0.15) is 33.1 Å². The SMILES string of the molecule is O=C1CC(c2ccc(Cl)cc2F)c2cc(N3CCOCC3)sc21. The molecule has 6 heteroatoms. The van der Waals surface area contributed by atoms with Gasteiger partial charge in [0.15, 0.2) is 5.78 Å². The van der Waals surface area contributed by atoms with Crippen LogP contribution in [0.3, 0.4) is 0 Å². The van der Waals surface area contributed by atoms with E-state index in [1.807, 2.05) is 0 Å². The zero-order valence-corrected chi connectivity index (χ0v) is 13.9. The van der Waals surface area contributed by atoms with E-state index in [-0.39, 0.29) is 17.5 Å². The molecule has 2 heterocycles. The molecule has 1 aromatic heterocycles. The molecule has 2 aliphatic rings. The van der Waals surface area contributed by atoms with Crippen LogP contribution in [-0.4, -0.2) is 32.1 Å². The van der Waals surface area contributed by atoms with Gasteiger partial charge in [-0.15, -0.1) is 11.3 Å². The second-order valence-electron chi connectivity index (χ2n) is 5.81. The molecule has 1 fully saturated rings. The van der Waals surface area contributed by atoms with Crippen LogP contribution in [-0.2, 0) is 4.74 Å². The molecule has 0 spiro atoms. The van der Waals surface area contributed by atoms with Gasteiger partial charge in [-0.25, -0.2) is 4.39 Å². The summed E-state index contributed by atoms with van der Waals surface area (Å²) in [6.45, 7) is 3.05. The lowest BCUT2D eigenvalue weighted by atomic mass is 9.93. The van der Waals surface area contributed by atoms with Crippen molar-refractivity contribution in [3.05, 3.63) is 51.1 Å². The standard InChI is InChI=1S/C17H15ClFNO2S/c18-10-1-2-11(14(19)7-10)12-8-15(21)17-13(12)9-16(23-17)20-3-5-22-6-4-20/h1-2,7,9,12H,3-6,8H2. The van der Waals surface area contributed by atoms with Gasteiger partial charge in [0.05, 0.1) is 23.1 Å². The molecule has 0 N–H and O–H groups in total. The normalized spacial score (nSPS) is 20.9. The van der Waals surface area contributed by atoms with Gasteiger partial charge in [0.1, 0.15) is 5.82 Å². The molecular formula is C17H15ClFNO2S. The number of ether oxygens (including phenoxy) is 1. The Hall–Kier alpha value is -1.43. The summed E-state index contributed by atoms with van der Waals surface area (Å²) < 4.78 is 19.6. The topological polar surface area (TPSA) is 29.5 Å². The maximum Gasteiger partial charge on any atom is 0.174 e. The summed E-state index contributed by atoms with van der Waals surface area (Å²) in [5, 5.41) is 1.45. The van der Waals surface area contributed by atoms with Gasteiger partial charge < -0.3 is 9.64 Å². The smallest absolute Gasteiger partial charge is 0.174 e. The third kappa shape index (κ3) is 2.67. The van der Waals surface area contributed by atoms with E-state index in [9.17, 15) is 9.18 Å². The molecular weight excluding hydrogens is 337 g/mol. The first kappa shape index (κ1) is 15.1. The van der Waals surface area contributed by atoms with Gasteiger partial charge in [0.2, 0.25) is 0 Å². The number of halogens is 2. The molecule has 4 rings (SSSR count). The predicted octanol–water partition coefficient (Wildman–Crippen LogP) is 4.10. The lowest BCUT2D eigenvalue weighted by Crippen LogP contribution is -2.35. The number of carbonyl (C=O) groups is 1. The monoisotopic (exact) mass is 351 g/mol. The first-order valence-corrected chi connectivity index (χ1v) is 8.77. The summed E-state index contributed by atoms with van der Waals surface area (Å²) >= 11 is 7.35. The second-order valence-corrected chi connectivity index (χ2v) is 7.28. The van der Waals surface area contributed by atoms with E-state index in [1.54, 1.807) is 12.1 Å². The summed E-state index contributed by atoms with van der Waals surface area (Å²) in [5.74, 6) is -0.452. The van der Waals surface area contributed by atoms with Gasteiger partial charge in [0.25, 0.3) is 0 Å². The minimum atomic E-state index is -0.345. The molecule has 3 nitrogen and oxygen atoms in total. The molecule has 23 heavy (non-hydrogen) atoms. The van der Waals surface area contributed by atoms with Crippen LogP contribution >= 0.6 is 22.9 Å². The van der Waals surface area contributed by atoms with E-state index >= 15 is 0 Å². The Bertz CT molecular complexity index is 770. The zero-order valence-electron chi connectivity index (χ0n) is 12.4. The van der Waals surface area contributed by atoms with Gasteiger partial charge in [-0.2, -0.15) is 0 Å². The van der Waals surface area contributed by atoms with Gasteiger partial charge >= 0.3 is 0 Å². The summed E-state index contributed by atoms with van der Waals surface area (Å²) in [6, 6.07) is 6.73. The fourth-order valence-electron chi connectivity index (χ4n) is 3.26. The van der Waals surface area contributed by atoms with Crippen molar-refractivity contribution >= 4 is 33.7 Å². The highest BCUT2D eigenvalue weighted by Crippen LogP contribution is 2.46. The fraction of sp³-hybridized carbons (Fsp3) is 0.353. The average molecular weight is 352 g/mol. The zero-order chi connectivity index (χ0) is 16.0. The Labute approximate surface area is 142 Å². The van der Waals surface area contributed by atoms with Gasteiger partial charge in [-0.3, -0.25) is 4.79 Å². The average Bonchev–Trinajstić information content (AvgIpc) is 3.10. The molecule has 1 saturated heterocycles. The van der Waals surface area contributed by atoms with Gasteiger partial charge in [0, 0.05) is 30.5 Å². The highest BCUT2D eigenvalue weighted by molar-refractivity contribution is 7.18. The van der Waals surface area contributed by atoms with Crippen LogP contribution in [0.15, 0.2) is 24.3 Å². The van der Waals surface area contributed by atoms with Crippen molar-refractivity contribution in [2.75, 3.05) is 31.2 Å². The maximum absolute atomic E-state index is 14.3. The number of morpholine rings is 1. The first-order valence-electron chi connectivity index (χ1n) is 7.58. The highest BCUT2D eigenvalue weighted by Gasteiger charge is 2.35. The van der Waals surface area contributed by atoms with Crippen molar-refractivity contribution in [3.8, 4) is 0 Å². The molecule has 1 atom stereocenters. The highest BCUT2D eigenvalue weighted by atomic mass is 35.5. The summed E-state index contributed by atoms with van der Waals surface area (Å²) in [5.41, 5.74) is 1.50. The second kappa shape index (κ2) is 5.89. The fourth-order valence-corrected chi connectivity index (χ4v) is 4.64. The first-order chi connectivity index (χ1) is 11.1.